The molecule has 2 rings (SSSR count). The van der Waals surface area contributed by atoms with Gasteiger partial charge in [-0.25, -0.2) is 8.42 Å². The molecule has 0 aromatic heterocycles. The Balaban J connectivity index is 1.74. The molecule has 0 unspecified atom stereocenters. The van der Waals surface area contributed by atoms with E-state index in [9.17, 15) is 8.42 Å². The second-order valence-electron chi connectivity index (χ2n) is 6.93. The summed E-state index contributed by atoms with van der Waals surface area (Å²) >= 11 is 0. The fraction of sp³-hybridized carbons (Fsp3) is 0.650. The SMILES string of the molecule is CCNC(=NCCCN1CCCCCC1)NCCS(=O)(=O)c1ccccc1. The molecule has 0 aliphatic carbocycles. The van der Waals surface area contributed by atoms with E-state index in [1.165, 1.54) is 38.8 Å². The van der Waals surface area contributed by atoms with Crippen molar-refractivity contribution in [1.82, 2.24) is 15.5 Å². The van der Waals surface area contributed by atoms with Crippen molar-refractivity contribution in [3.63, 3.8) is 0 Å². The molecule has 1 aliphatic rings. The Morgan fingerprint density at radius 2 is 1.78 bits per heavy atom. The van der Waals surface area contributed by atoms with E-state index in [2.05, 4.69) is 20.5 Å². The molecule has 152 valence electrons. The summed E-state index contributed by atoms with van der Waals surface area (Å²) < 4.78 is 24.7. The van der Waals surface area contributed by atoms with E-state index >= 15 is 0 Å². The third-order valence-electron chi connectivity index (χ3n) is 4.71. The predicted octanol–water partition coefficient (Wildman–Crippen LogP) is 2.28. The zero-order valence-corrected chi connectivity index (χ0v) is 17.3. The minimum atomic E-state index is -3.27. The van der Waals surface area contributed by atoms with Crippen molar-refractivity contribution in [1.29, 1.82) is 0 Å². The van der Waals surface area contributed by atoms with Gasteiger partial charge in [-0.05, 0) is 58.0 Å². The van der Waals surface area contributed by atoms with Crippen LogP contribution in [0.25, 0.3) is 0 Å². The molecule has 0 amide bonds. The lowest BCUT2D eigenvalue weighted by Gasteiger charge is -2.19. The van der Waals surface area contributed by atoms with Crippen LogP contribution in [-0.2, 0) is 9.84 Å². The van der Waals surface area contributed by atoms with E-state index in [0.29, 0.717) is 17.4 Å². The number of nitrogens with one attached hydrogen (secondary N) is 2. The normalized spacial score (nSPS) is 16.7. The van der Waals surface area contributed by atoms with Gasteiger partial charge in [0.1, 0.15) is 0 Å². The molecule has 27 heavy (non-hydrogen) atoms. The van der Waals surface area contributed by atoms with Crippen LogP contribution in [0.2, 0.25) is 0 Å². The number of rotatable bonds is 9. The van der Waals surface area contributed by atoms with Gasteiger partial charge in [-0.3, -0.25) is 4.99 Å². The highest BCUT2D eigenvalue weighted by atomic mass is 32.2. The molecule has 0 saturated carbocycles. The Morgan fingerprint density at radius 1 is 1.07 bits per heavy atom. The molecule has 1 heterocycles. The molecular formula is C20H34N4O2S. The summed E-state index contributed by atoms with van der Waals surface area (Å²) in [6.07, 6.45) is 6.36. The summed E-state index contributed by atoms with van der Waals surface area (Å²) in [5.74, 6) is 0.742. The number of sulfone groups is 1. The standard InChI is InChI=1S/C20H34N4O2S/c1-2-21-20(22-13-10-17-24-15-8-3-4-9-16-24)23-14-18-27(25,26)19-11-6-5-7-12-19/h5-7,11-12H,2-4,8-10,13-18H2,1H3,(H2,21,22,23). The predicted molar refractivity (Wildman–Crippen MR) is 112 cm³/mol. The zero-order valence-electron chi connectivity index (χ0n) is 16.5. The molecule has 1 aromatic rings. The molecular weight excluding hydrogens is 360 g/mol. The van der Waals surface area contributed by atoms with Gasteiger partial charge in [-0.15, -0.1) is 0 Å². The van der Waals surface area contributed by atoms with Gasteiger partial charge in [0.15, 0.2) is 15.8 Å². The first kappa shape index (κ1) is 21.7. The zero-order chi connectivity index (χ0) is 19.4. The highest BCUT2D eigenvalue weighted by Crippen LogP contribution is 2.10. The highest BCUT2D eigenvalue weighted by molar-refractivity contribution is 7.91. The molecule has 0 radical (unpaired) electrons. The molecule has 1 fully saturated rings. The molecule has 0 atom stereocenters. The van der Waals surface area contributed by atoms with Crippen molar-refractivity contribution in [3.8, 4) is 0 Å². The van der Waals surface area contributed by atoms with Gasteiger partial charge in [0.25, 0.3) is 0 Å². The molecule has 2 N–H and O–H groups in total. The Hall–Kier alpha value is -1.60. The number of hydrogen-bond acceptors (Lipinski definition) is 4. The lowest BCUT2D eigenvalue weighted by Crippen LogP contribution is -2.39. The van der Waals surface area contributed by atoms with Crippen molar-refractivity contribution in [2.24, 2.45) is 4.99 Å². The van der Waals surface area contributed by atoms with Crippen LogP contribution in [0.15, 0.2) is 40.2 Å². The molecule has 1 aliphatic heterocycles. The molecule has 6 nitrogen and oxygen atoms in total. The van der Waals surface area contributed by atoms with Crippen LogP contribution in [0.4, 0.5) is 0 Å². The first-order valence-corrected chi connectivity index (χ1v) is 11.8. The van der Waals surface area contributed by atoms with Gasteiger partial charge in [0, 0.05) is 19.6 Å². The topological polar surface area (TPSA) is 73.8 Å². The van der Waals surface area contributed by atoms with Crippen LogP contribution in [0.5, 0.6) is 0 Å². The fourth-order valence-electron chi connectivity index (χ4n) is 3.24. The van der Waals surface area contributed by atoms with Crippen molar-refractivity contribution in [2.45, 2.75) is 43.9 Å². The highest BCUT2D eigenvalue weighted by Gasteiger charge is 2.13. The third-order valence-corrected chi connectivity index (χ3v) is 6.44. The fourth-order valence-corrected chi connectivity index (χ4v) is 4.41. The second kappa shape index (κ2) is 12.0. The molecule has 0 spiro atoms. The monoisotopic (exact) mass is 394 g/mol. The summed E-state index contributed by atoms with van der Waals surface area (Å²) in [5, 5.41) is 6.33. The van der Waals surface area contributed by atoms with Gasteiger partial charge in [0.2, 0.25) is 0 Å². The summed E-state index contributed by atoms with van der Waals surface area (Å²) in [6, 6.07) is 8.58. The number of likely N-dealkylation sites (tertiary alicyclic amines) is 1. The average Bonchev–Trinajstić information content (AvgIpc) is 2.94. The van der Waals surface area contributed by atoms with Gasteiger partial charge < -0.3 is 15.5 Å². The molecule has 1 saturated heterocycles. The van der Waals surface area contributed by atoms with Gasteiger partial charge in [-0.1, -0.05) is 31.0 Å². The maximum absolute atomic E-state index is 12.3. The largest absolute Gasteiger partial charge is 0.357 e. The van der Waals surface area contributed by atoms with Crippen molar-refractivity contribution in [2.75, 3.05) is 45.0 Å². The van der Waals surface area contributed by atoms with Gasteiger partial charge in [-0.2, -0.15) is 0 Å². The smallest absolute Gasteiger partial charge is 0.191 e. The lowest BCUT2D eigenvalue weighted by molar-refractivity contribution is 0.283. The van der Waals surface area contributed by atoms with Crippen LogP contribution < -0.4 is 10.6 Å². The quantitative estimate of drug-likeness (QED) is 0.382. The van der Waals surface area contributed by atoms with E-state index in [-0.39, 0.29) is 5.75 Å². The van der Waals surface area contributed by atoms with Crippen LogP contribution >= 0.6 is 0 Å². The third kappa shape index (κ3) is 8.30. The first-order valence-electron chi connectivity index (χ1n) is 10.1. The van der Waals surface area contributed by atoms with Crippen molar-refractivity contribution < 1.29 is 8.42 Å². The van der Waals surface area contributed by atoms with E-state index in [4.69, 9.17) is 0 Å². The van der Waals surface area contributed by atoms with Crippen molar-refractivity contribution in [3.05, 3.63) is 30.3 Å². The van der Waals surface area contributed by atoms with Crippen LogP contribution in [0.1, 0.15) is 39.0 Å². The maximum Gasteiger partial charge on any atom is 0.191 e. The molecule has 0 bridgehead atoms. The Kier molecular flexibility index (Phi) is 9.62. The van der Waals surface area contributed by atoms with Gasteiger partial charge in [0.05, 0.1) is 10.6 Å². The van der Waals surface area contributed by atoms with Crippen LogP contribution in [-0.4, -0.2) is 64.3 Å². The van der Waals surface area contributed by atoms with Crippen LogP contribution in [0.3, 0.4) is 0 Å². The van der Waals surface area contributed by atoms with Crippen molar-refractivity contribution >= 4 is 15.8 Å². The van der Waals surface area contributed by atoms with Gasteiger partial charge >= 0.3 is 0 Å². The number of hydrogen-bond donors (Lipinski definition) is 2. The minimum absolute atomic E-state index is 0.0508. The molecule has 1 aromatic carbocycles. The lowest BCUT2D eigenvalue weighted by atomic mass is 10.2. The first-order chi connectivity index (χ1) is 13.1. The van der Waals surface area contributed by atoms with E-state index < -0.39 is 9.84 Å². The average molecular weight is 395 g/mol. The number of nitrogens with zero attached hydrogens (tertiary/aromatic N) is 2. The summed E-state index contributed by atoms with van der Waals surface area (Å²) in [7, 11) is -3.27. The number of aliphatic imine (C=N–C) groups is 1. The van der Waals surface area contributed by atoms with Crippen LogP contribution in [0, 0.1) is 0 Å². The summed E-state index contributed by atoms with van der Waals surface area (Å²) in [5.41, 5.74) is 0. The Labute approximate surface area is 164 Å². The number of benzene rings is 1. The Bertz CT molecular complexity index is 654. The second-order valence-corrected chi connectivity index (χ2v) is 9.04. The summed E-state index contributed by atoms with van der Waals surface area (Å²) in [4.78, 5) is 7.49. The maximum atomic E-state index is 12.3. The Morgan fingerprint density at radius 3 is 2.44 bits per heavy atom. The van der Waals surface area contributed by atoms with E-state index in [1.54, 1.807) is 24.3 Å². The van der Waals surface area contributed by atoms with E-state index in [1.807, 2.05) is 13.0 Å². The summed E-state index contributed by atoms with van der Waals surface area (Å²) in [6.45, 7) is 7.36. The minimum Gasteiger partial charge on any atom is -0.357 e. The molecule has 7 heteroatoms. The number of guanidine groups is 1. The van der Waals surface area contributed by atoms with E-state index in [0.717, 1.165) is 26.1 Å².